The number of hydrogen-bond donors (Lipinski definition) is 2. The minimum Gasteiger partial charge on any atom is -0.396 e. The summed E-state index contributed by atoms with van der Waals surface area (Å²) in [5.41, 5.74) is 0.846. The average Bonchev–Trinajstić information content (AvgIpc) is 2.38. The molecule has 18 heavy (non-hydrogen) atoms. The molecule has 0 aliphatic heterocycles. The van der Waals surface area contributed by atoms with E-state index in [1.165, 1.54) is 0 Å². The Hall–Kier alpha value is -1.26. The van der Waals surface area contributed by atoms with E-state index < -0.39 is 0 Å². The quantitative estimate of drug-likeness (QED) is 0.431. The van der Waals surface area contributed by atoms with Gasteiger partial charge in [0.25, 0.3) is 0 Å². The van der Waals surface area contributed by atoms with Crippen molar-refractivity contribution in [1.29, 1.82) is 0 Å². The Morgan fingerprint density at radius 2 is 2.17 bits per heavy atom. The molecule has 1 aromatic carbocycles. The SMILES string of the molecule is C=CCSc1ccccc1NC(=O)CCCCO. The number of para-hydroxylation sites is 1. The molecule has 0 unspecified atom stereocenters. The molecule has 2 N–H and O–H groups in total. The molecule has 1 amide bonds. The molecular formula is C14H19NO2S. The number of aliphatic hydroxyl groups is 1. The lowest BCUT2D eigenvalue weighted by atomic mass is 10.2. The molecule has 0 fully saturated rings. The van der Waals surface area contributed by atoms with Crippen molar-refractivity contribution in [1.82, 2.24) is 0 Å². The molecule has 1 aromatic rings. The number of rotatable bonds is 8. The first kappa shape index (κ1) is 14.8. The standard InChI is InChI=1S/C14H19NO2S/c1-2-11-18-13-8-4-3-7-12(13)15-14(17)9-5-6-10-16/h2-4,7-8,16H,1,5-6,9-11H2,(H,15,17). The first-order valence-corrected chi connectivity index (χ1v) is 7.00. The Labute approximate surface area is 112 Å². The smallest absolute Gasteiger partial charge is 0.224 e. The van der Waals surface area contributed by atoms with Gasteiger partial charge in [-0.05, 0) is 25.0 Å². The summed E-state index contributed by atoms with van der Waals surface area (Å²) in [6.45, 7) is 3.82. The van der Waals surface area contributed by atoms with Gasteiger partial charge in [-0.2, -0.15) is 0 Å². The summed E-state index contributed by atoms with van der Waals surface area (Å²) in [5.74, 6) is 0.812. The highest BCUT2D eigenvalue weighted by Crippen LogP contribution is 2.27. The zero-order valence-corrected chi connectivity index (χ0v) is 11.2. The molecule has 0 spiro atoms. The molecule has 1 rings (SSSR count). The highest BCUT2D eigenvalue weighted by atomic mass is 32.2. The normalized spacial score (nSPS) is 10.1. The van der Waals surface area contributed by atoms with Crippen molar-refractivity contribution in [3.05, 3.63) is 36.9 Å². The average molecular weight is 265 g/mol. The summed E-state index contributed by atoms with van der Waals surface area (Å²) in [6, 6.07) is 7.74. The van der Waals surface area contributed by atoms with Crippen molar-refractivity contribution in [3.63, 3.8) is 0 Å². The molecule has 0 radical (unpaired) electrons. The van der Waals surface area contributed by atoms with Crippen LogP contribution in [-0.4, -0.2) is 23.4 Å². The van der Waals surface area contributed by atoms with E-state index >= 15 is 0 Å². The molecular weight excluding hydrogens is 246 g/mol. The number of carbonyl (C=O) groups is 1. The molecule has 3 nitrogen and oxygen atoms in total. The van der Waals surface area contributed by atoms with Gasteiger partial charge in [-0.1, -0.05) is 18.2 Å². The number of thioether (sulfide) groups is 1. The largest absolute Gasteiger partial charge is 0.396 e. The van der Waals surface area contributed by atoms with Crippen molar-refractivity contribution < 1.29 is 9.90 Å². The van der Waals surface area contributed by atoms with Gasteiger partial charge in [0, 0.05) is 23.7 Å². The van der Waals surface area contributed by atoms with Crippen LogP contribution in [-0.2, 0) is 4.79 Å². The lowest BCUT2D eigenvalue weighted by Crippen LogP contribution is -2.12. The van der Waals surface area contributed by atoms with Crippen LogP contribution in [0.3, 0.4) is 0 Å². The second-order valence-electron chi connectivity index (χ2n) is 3.82. The first-order valence-electron chi connectivity index (χ1n) is 6.01. The minimum absolute atomic E-state index is 0.00453. The van der Waals surface area contributed by atoms with Crippen LogP contribution in [0.2, 0.25) is 0 Å². The Balaban J connectivity index is 2.54. The highest BCUT2D eigenvalue weighted by molar-refractivity contribution is 7.99. The van der Waals surface area contributed by atoms with E-state index in [0.717, 1.165) is 16.3 Å². The van der Waals surface area contributed by atoms with Crippen molar-refractivity contribution in [2.45, 2.75) is 24.2 Å². The third-order valence-electron chi connectivity index (χ3n) is 2.33. The van der Waals surface area contributed by atoms with Crippen LogP contribution in [0.25, 0.3) is 0 Å². The van der Waals surface area contributed by atoms with Crippen LogP contribution in [0, 0.1) is 0 Å². The summed E-state index contributed by atoms with van der Waals surface area (Å²) in [6.07, 6.45) is 3.66. The number of carbonyl (C=O) groups excluding carboxylic acids is 1. The van der Waals surface area contributed by atoms with Crippen LogP contribution < -0.4 is 5.32 Å². The summed E-state index contributed by atoms with van der Waals surface area (Å²) in [4.78, 5) is 12.7. The maximum absolute atomic E-state index is 11.7. The molecule has 0 atom stereocenters. The van der Waals surface area contributed by atoms with E-state index in [-0.39, 0.29) is 12.5 Å². The van der Waals surface area contributed by atoms with Crippen LogP contribution in [0.4, 0.5) is 5.69 Å². The lowest BCUT2D eigenvalue weighted by Gasteiger charge is -2.09. The van der Waals surface area contributed by atoms with E-state index in [4.69, 9.17) is 5.11 Å². The van der Waals surface area contributed by atoms with E-state index in [9.17, 15) is 4.79 Å². The number of aliphatic hydroxyl groups excluding tert-OH is 1. The van der Waals surface area contributed by atoms with Gasteiger partial charge in [-0.3, -0.25) is 4.79 Å². The molecule has 0 aliphatic rings. The highest BCUT2D eigenvalue weighted by Gasteiger charge is 2.06. The van der Waals surface area contributed by atoms with Gasteiger partial charge in [-0.25, -0.2) is 0 Å². The van der Waals surface area contributed by atoms with Gasteiger partial charge >= 0.3 is 0 Å². The number of amides is 1. The molecule has 0 heterocycles. The zero-order valence-electron chi connectivity index (χ0n) is 10.4. The first-order chi connectivity index (χ1) is 8.77. The Bertz CT molecular complexity index is 393. The minimum atomic E-state index is -0.00453. The second kappa shape index (κ2) is 8.78. The summed E-state index contributed by atoms with van der Waals surface area (Å²) in [5, 5.41) is 11.6. The van der Waals surface area contributed by atoms with E-state index in [1.807, 2.05) is 30.3 Å². The monoisotopic (exact) mass is 265 g/mol. The van der Waals surface area contributed by atoms with Crippen molar-refractivity contribution >= 4 is 23.4 Å². The van der Waals surface area contributed by atoms with E-state index in [2.05, 4.69) is 11.9 Å². The Morgan fingerprint density at radius 3 is 2.89 bits per heavy atom. The molecule has 4 heteroatoms. The zero-order chi connectivity index (χ0) is 13.2. The second-order valence-corrected chi connectivity index (χ2v) is 4.89. The summed E-state index contributed by atoms with van der Waals surface area (Å²) < 4.78 is 0. The van der Waals surface area contributed by atoms with Gasteiger partial charge in [0.2, 0.25) is 5.91 Å². The fraction of sp³-hybridized carbons (Fsp3) is 0.357. The van der Waals surface area contributed by atoms with Gasteiger partial charge in [0.15, 0.2) is 0 Å². The predicted molar refractivity (Wildman–Crippen MR) is 76.9 cm³/mol. The lowest BCUT2D eigenvalue weighted by molar-refractivity contribution is -0.116. The number of nitrogens with one attached hydrogen (secondary N) is 1. The molecule has 0 aliphatic carbocycles. The number of hydrogen-bond acceptors (Lipinski definition) is 3. The Kier molecular flexibility index (Phi) is 7.22. The molecule has 0 saturated heterocycles. The number of benzene rings is 1. The number of unbranched alkanes of at least 4 members (excludes halogenated alkanes) is 1. The van der Waals surface area contributed by atoms with Crippen molar-refractivity contribution in [2.24, 2.45) is 0 Å². The van der Waals surface area contributed by atoms with Gasteiger partial charge in [-0.15, -0.1) is 18.3 Å². The third-order valence-corrected chi connectivity index (χ3v) is 3.40. The Morgan fingerprint density at radius 1 is 1.39 bits per heavy atom. The molecule has 0 saturated carbocycles. The molecule has 0 bridgehead atoms. The van der Waals surface area contributed by atoms with Gasteiger partial charge < -0.3 is 10.4 Å². The maximum atomic E-state index is 11.7. The van der Waals surface area contributed by atoms with Gasteiger partial charge in [0.1, 0.15) is 0 Å². The maximum Gasteiger partial charge on any atom is 0.224 e. The topological polar surface area (TPSA) is 49.3 Å². The van der Waals surface area contributed by atoms with Crippen LogP contribution in [0.1, 0.15) is 19.3 Å². The van der Waals surface area contributed by atoms with Gasteiger partial charge in [0.05, 0.1) is 5.69 Å². The van der Waals surface area contributed by atoms with Crippen molar-refractivity contribution in [2.75, 3.05) is 17.7 Å². The van der Waals surface area contributed by atoms with Crippen LogP contribution in [0.5, 0.6) is 0 Å². The van der Waals surface area contributed by atoms with E-state index in [0.29, 0.717) is 19.3 Å². The van der Waals surface area contributed by atoms with Crippen molar-refractivity contribution in [3.8, 4) is 0 Å². The molecule has 0 aromatic heterocycles. The fourth-order valence-electron chi connectivity index (χ4n) is 1.45. The number of anilines is 1. The predicted octanol–water partition coefficient (Wildman–Crippen LogP) is 3.07. The third kappa shape index (κ3) is 5.38. The fourth-order valence-corrected chi connectivity index (χ4v) is 2.20. The molecule has 98 valence electrons. The summed E-state index contributed by atoms with van der Waals surface area (Å²) >= 11 is 1.64. The van der Waals surface area contributed by atoms with Crippen LogP contribution >= 0.6 is 11.8 Å². The van der Waals surface area contributed by atoms with Crippen LogP contribution in [0.15, 0.2) is 41.8 Å². The van der Waals surface area contributed by atoms with E-state index in [1.54, 1.807) is 11.8 Å². The summed E-state index contributed by atoms with van der Waals surface area (Å²) in [7, 11) is 0.